The summed E-state index contributed by atoms with van der Waals surface area (Å²) in [6.07, 6.45) is 3.98. The maximum absolute atomic E-state index is 11.0. The molecule has 4 aromatic rings. The number of nitrogen functional groups attached to an aromatic ring is 1. The van der Waals surface area contributed by atoms with Gasteiger partial charge in [-0.2, -0.15) is 0 Å². The second kappa shape index (κ2) is 11.2. The molecule has 0 unspecified atom stereocenters. The van der Waals surface area contributed by atoms with Gasteiger partial charge in [0.25, 0.3) is 0 Å². The largest absolute Gasteiger partial charge is 0.387 e. The molecule has 1 aliphatic carbocycles. The molecule has 1 saturated heterocycles. The molecule has 0 amide bonds. The lowest BCUT2D eigenvalue weighted by Gasteiger charge is -2.46. The van der Waals surface area contributed by atoms with Gasteiger partial charge in [-0.25, -0.2) is 15.0 Å². The number of H-pyrrole nitrogens is 1. The summed E-state index contributed by atoms with van der Waals surface area (Å²) >= 11 is 3.52. The van der Waals surface area contributed by atoms with Gasteiger partial charge in [-0.3, -0.25) is 4.90 Å². The minimum absolute atomic E-state index is 0.104. The van der Waals surface area contributed by atoms with E-state index in [1.807, 2.05) is 0 Å². The number of aliphatic hydroxyl groups excluding tert-OH is 2. The quantitative estimate of drug-likeness (QED) is 0.218. The van der Waals surface area contributed by atoms with E-state index in [9.17, 15) is 10.2 Å². The first kappa shape index (κ1) is 29.5. The van der Waals surface area contributed by atoms with Crippen LogP contribution in [0.2, 0.25) is 0 Å². The molecule has 3 aromatic heterocycles. The fraction of sp³-hybridized carbons (Fsp3) is 0.581. The van der Waals surface area contributed by atoms with Crippen molar-refractivity contribution in [2.24, 2.45) is 5.92 Å². The first-order valence-electron chi connectivity index (χ1n) is 14.9. The van der Waals surface area contributed by atoms with E-state index in [0.29, 0.717) is 39.8 Å². The van der Waals surface area contributed by atoms with Crippen molar-refractivity contribution in [1.29, 1.82) is 0 Å². The first-order valence-corrected chi connectivity index (χ1v) is 15.7. The Balaban J connectivity index is 1.07. The second-order valence-corrected chi connectivity index (χ2v) is 14.2. The summed E-state index contributed by atoms with van der Waals surface area (Å²) in [4.78, 5) is 19.2. The molecule has 4 atom stereocenters. The van der Waals surface area contributed by atoms with Gasteiger partial charge in [-0.05, 0) is 78.1 Å². The van der Waals surface area contributed by atoms with E-state index in [1.54, 1.807) is 10.8 Å². The Bertz CT molecular complexity index is 1570. The highest BCUT2D eigenvalue weighted by molar-refractivity contribution is 9.10. The average molecular weight is 641 g/mol. The standard InChI is InChI=1S/C31H42BrN7O3/c1-16(2)38(14-23-26(40)27(41)30(42-23)39-13-20(32)25-28(33)34-15-35-29(25)39)19-10-17(11-19)6-9-24-36-21-8-7-18(31(3,4)5)12-22(21)37-24/h7-8,12-13,15-17,19,23,26-27,30,40-41H,6,9-11,14H2,1-5H3,(H,36,37)(H2,33,34,35)/t17-,19-,23-,26-,27-,30-/m1/s1. The van der Waals surface area contributed by atoms with Crippen LogP contribution >= 0.6 is 15.9 Å². The monoisotopic (exact) mass is 639 g/mol. The number of aromatic nitrogens is 5. The van der Waals surface area contributed by atoms with Crippen molar-refractivity contribution in [1.82, 2.24) is 29.4 Å². The molecule has 0 spiro atoms. The van der Waals surface area contributed by atoms with Crippen molar-refractivity contribution < 1.29 is 14.9 Å². The zero-order valence-corrected chi connectivity index (χ0v) is 26.5. The van der Waals surface area contributed by atoms with E-state index in [0.717, 1.165) is 42.5 Å². The Kier molecular flexibility index (Phi) is 7.84. The highest BCUT2D eigenvalue weighted by Crippen LogP contribution is 2.40. The number of ether oxygens (including phenoxy) is 1. The van der Waals surface area contributed by atoms with Gasteiger partial charge in [-0.1, -0.05) is 26.8 Å². The van der Waals surface area contributed by atoms with Gasteiger partial charge < -0.3 is 30.2 Å². The van der Waals surface area contributed by atoms with Crippen molar-refractivity contribution in [2.75, 3.05) is 12.3 Å². The van der Waals surface area contributed by atoms with Crippen LogP contribution in [0.25, 0.3) is 22.1 Å². The van der Waals surface area contributed by atoms with Gasteiger partial charge in [-0.15, -0.1) is 0 Å². The maximum atomic E-state index is 11.0. The number of hydrogen-bond acceptors (Lipinski definition) is 8. The van der Waals surface area contributed by atoms with Crippen LogP contribution in [0.4, 0.5) is 5.82 Å². The first-order chi connectivity index (χ1) is 19.9. The Morgan fingerprint density at radius 1 is 1.19 bits per heavy atom. The molecule has 1 saturated carbocycles. The molecule has 42 heavy (non-hydrogen) atoms. The highest BCUT2D eigenvalue weighted by atomic mass is 79.9. The number of halogens is 1. The predicted molar refractivity (Wildman–Crippen MR) is 167 cm³/mol. The fourth-order valence-corrected chi connectivity index (χ4v) is 7.15. The van der Waals surface area contributed by atoms with Crippen LogP contribution in [0.1, 0.15) is 71.5 Å². The van der Waals surface area contributed by atoms with E-state index in [4.69, 9.17) is 15.5 Å². The average Bonchev–Trinajstić information content (AvgIpc) is 3.55. The molecule has 1 aromatic carbocycles. The number of fused-ring (bicyclic) bond motifs is 2. The van der Waals surface area contributed by atoms with E-state index < -0.39 is 24.5 Å². The van der Waals surface area contributed by atoms with E-state index >= 15 is 0 Å². The number of benzene rings is 1. The lowest BCUT2D eigenvalue weighted by molar-refractivity contribution is -0.0619. The number of aryl methyl sites for hydroxylation is 1. The molecule has 1 aliphatic heterocycles. The van der Waals surface area contributed by atoms with Crippen molar-refractivity contribution in [3.63, 3.8) is 0 Å². The minimum Gasteiger partial charge on any atom is -0.387 e. The number of aliphatic hydroxyl groups is 2. The number of imidazole rings is 1. The van der Waals surface area contributed by atoms with Gasteiger partial charge in [0.2, 0.25) is 0 Å². The molecule has 2 aliphatic rings. The molecule has 4 heterocycles. The smallest absolute Gasteiger partial charge is 0.164 e. The minimum atomic E-state index is -1.10. The lowest BCUT2D eigenvalue weighted by atomic mass is 9.76. The Labute approximate surface area is 254 Å². The van der Waals surface area contributed by atoms with Gasteiger partial charge in [0.1, 0.15) is 41.9 Å². The van der Waals surface area contributed by atoms with Crippen LogP contribution in [-0.4, -0.2) is 76.6 Å². The maximum Gasteiger partial charge on any atom is 0.164 e. The summed E-state index contributed by atoms with van der Waals surface area (Å²) in [6.45, 7) is 11.6. The molecular formula is C31H42BrN7O3. The number of aromatic amines is 1. The number of nitrogens with zero attached hydrogens (tertiary/aromatic N) is 5. The Morgan fingerprint density at radius 3 is 2.67 bits per heavy atom. The van der Waals surface area contributed by atoms with Crippen molar-refractivity contribution >= 4 is 43.8 Å². The number of anilines is 1. The van der Waals surface area contributed by atoms with Crippen LogP contribution in [0.5, 0.6) is 0 Å². The van der Waals surface area contributed by atoms with E-state index in [1.165, 1.54) is 11.9 Å². The Hall–Kier alpha value is -2.57. The molecule has 11 heteroatoms. The number of hydrogen-bond donors (Lipinski definition) is 4. The summed E-state index contributed by atoms with van der Waals surface area (Å²) in [5, 5.41) is 22.7. The third-order valence-electron chi connectivity index (χ3n) is 9.13. The molecule has 0 radical (unpaired) electrons. The second-order valence-electron chi connectivity index (χ2n) is 13.4. The van der Waals surface area contributed by atoms with Crippen LogP contribution in [0, 0.1) is 5.92 Å². The molecule has 226 valence electrons. The molecule has 0 bridgehead atoms. The number of nitrogens with one attached hydrogen (secondary N) is 1. The normalized spacial score (nSPS) is 26.6. The van der Waals surface area contributed by atoms with Crippen molar-refractivity contribution in [2.45, 2.75) is 102 Å². The third kappa shape index (κ3) is 5.45. The van der Waals surface area contributed by atoms with Gasteiger partial charge in [0, 0.05) is 35.7 Å². The molecule has 5 N–H and O–H groups in total. The fourth-order valence-electron chi connectivity index (χ4n) is 6.55. The van der Waals surface area contributed by atoms with Gasteiger partial charge >= 0.3 is 0 Å². The molecular weight excluding hydrogens is 598 g/mol. The van der Waals surface area contributed by atoms with Crippen LogP contribution in [-0.2, 0) is 16.6 Å². The van der Waals surface area contributed by atoms with Crippen molar-refractivity contribution in [3.8, 4) is 0 Å². The van der Waals surface area contributed by atoms with Crippen molar-refractivity contribution in [3.05, 3.63) is 46.6 Å². The predicted octanol–water partition coefficient (Wildman–Crippen LogP) is 4.69. The zero-order chi connectivity index (χ0) is 29.9. The SMILES string of the molecule is CC(C)N(C[C@H]1O[C@@H](n2cc(Br)c3c(N)ncnc32)[C@H](O)[C@@H]1O)[C@H]1C[C@H](CCc2nc3cc(C(C)(C)C)ccc3[nH]2)C1. The number of nitrogens with two attached hydrogens (primary N) is 1. The summed E-state index contributed by atoms with van der Waals surface area (Å²) in [5.41, 5.74) is 10.1. The van der Waals surface area contributed by atoms with Gasteiger partial charge in [0.15, 0.2) is 6.23 Å². The zero-order valence-electron chi connectivity index (χ0n) is 25.0. The van der Waals surface area contributed by atoms with Crippen LogP contribution in [0.3, 0.4) is 0 Å². The molecule has 2 fully saturated rings. The summed E-state index contributed by atoms with van der Waals surface area (Å²) < 4.78 is 8.75. The van der Waals surface area contributed by atoms with E-state index in [2.05, 4.69) is 88.6 Å². The van der Waals surface area contributed by atoms with Gasteiger partial charge in [0.05, 0.1) is 16.4 Å². The van der Waals surface area contributed by atoms with E-state index in [-0.39, 0.29) is 11.5 Å². The molecule has 6 rings (SSSR count). The summed E-state index contributed by atoms with van der Waals surface area (Å²) in [5.74, 6) is 2.03. The molecule has 10 nitrogen and oxygen atoms in total. The Morgan fingerprint density at radius 2 is 1.95 bits per heavy atom. The third-order valence-corrected chi connectivity index (χ3v) is 9.73. The lowest BCUT2D eigenvalue weighted by Crippen LogP contribution is -2.52. The topological polar surface area (TPSA) is 138 Å². The summed E-state index contributed by atoms with van der Waals surface area (Å²) in [7, 11) is 0. The van der Waals surface area contributed by atoms with Crippen LogP contribution in [0.15, 0.2) is 35.2 Å². The highest BCUT2D eigenvalue weighted by Gasteiger charge is 2.46. The summed E-state index contributed by atoms with van der Waals surface area (Å²) in [6, 6.07) is 7.24. The number of rotatable bonds is 8. The van der Waals surface area contributed by atoms with Crippen LogP contribution < -0.4 is 5.73 Å².